The van der Waals surface area contributed by atoms with Gasteiger partial charge < -0.3 is 50.9 Å². The number of aryl methyl sites for hydroxylation is 1. The van der Waals surface area contributed by atoms with Gasteiger partial charge >= 0.3 is 0 Å². The molecule has 4 heterocycles. The first-order valence-electron chi connectivity index (χ1n) is 18.6. The molecule has 4 aromatic rings. The highest BCUT2D eigenvalue weighted by Crippen LogP contribution is 2.50. The second-order valence-corrected chi connectivity index (χ2v) is 14.9. The Morgan fingerprint density at radius 1 is 1.08 bits per heavy atom. The molecule has 3 aliphatic rings. The van der Waals surface area contributed by atoms with Crippen LogP contribution in [0.2, 0.25) is 0 Å². The Balaban J connectivity index is 1.26. The average Bonchev–Trinajstić information content (AvgIpc) is 3.86. The van der Waals surface area contributed by atoms with E-state index in [0.29, 0.717) is 29.7 Å². The second-order valence-electron chi connectivity index (χ2n) is 14.9. The number of aromatic nitrogens is 2. The molecule has 1 aliphatic carbocycles. The molecule has 0 radical (unpaired) electrons. The number of nitrogens with two attached hydrogens (primary N) is 2. The fraction of sp³-hybridized carbons (Fsp3) is 0.452. The van der Waals surface area contributed by atoms with E-state index < -0.39 is 42.0 Å². The summed E-state index contributed by atoms with van der Waals surface area (Å²) < 4.78 is 14.9. The van der Waals surface area contributed by atoms with E-state index in [9.17, 15) is 25.2 Å². The van der Waals surface area contributed by atoms with Crippen LogP contribution in [0.5, 0.6) is 17.2 Å². The van der Waals surface area contributed by atoms with Crippen LogP contribution < -0.4 is 20.9 Å². The molecule has 2 bridgehead atoms. The van der Waals surface area contributed by atoms with Gasteiger partial charge in [-0.25, -0.2) is 0 Å². The van der Waals surface area contributed by atoms with Gasteiger partial charge in [-0.2, -0.15) is 0 Å². The van der Waals surface area contributed by atoms with Gasteiger partial charge in [0.2, 0.25) is 0 Å². The van der Waals surface area contributed by atoms with Gasteiger partial charge in [-0.1, -0.05) is 62.1 Å². The van der Waals surface area contributed by atoms with Crippen molar-refractivity contribution in [3.8, 4) is 41.1 Å². The number of carbonyl (C=O) groups is 1. The van der Waals surface area contributed by atoms with Gasteiger partial charge in [-0.15, -0.1) is 0 Å². The van der Waals surface area contributed by atoms with Crippen molar-refractivity contribution in [2.75, 3.05) is 0 Å². The molecule has 278 valence electrons. The van der Waals surface area contributed by atoms with E-state index in [1.165, 1.54) is 6.07 Å². The number of fused-ring (bicyclic) bond motifs is 6. The highest BCUT2D eigenvalue weighted by atomic mass is 16.5. The van der Waals surface area contributed by atoms with Crippen molar-refractivity contribution < 1.29 is 34.7 Å². The number of Topliss-reactive ketones (excluding diaryl/α,β-unsaturated/α-hetero) is 1. The number of benzene rings is 2. The molecule has 1 fully saturated rings. The van der Waals surface area contributed by atoms with E-state index in [0.717, 1.165) is 59.7 Å². The number of aromatic amines is 1. The number of hydrogen-bond acceptors (Lipinski definition) is 9. The molecule has 5 unspecified atom stereocenters. The van der Waals surface area contributed by atoms with Crippen molar-refractivity contribution in [2.45, 2.75) is 108 Å². The van der Waals surface area contributed by atoms with E-state index in [2.05, 4.69) is 28.9 Å². The number of aliphatic hydroxyl groups is 3. The largest absolute Gasteiger partial charge is 0.508 e. The maximum atomic E-state index is 12.9. The lowest BCUT2D eigenvalue weighted by molar-refractivity contribution is -0.121. The van der Waals surface area contributed by atoms with Crippen LogP contribution in [0, 0.1) is 35.2 Å². The lowest BCUT2D eigenvalue weighted by Gasteiger charge is -2.35. The summed E-state index contributed by atoms with van der Waals surface area (Å²) in [6, 6.07) is 8.76. The number of aromatic hydroxyl groups is 1. The SMILES string of the molecule is CCCC(O)CC(O)CC(=O)CCc1cc2c(cc1O)OC#CC1(CCCC1)C1C#CC(O)c3ccc(C(N)N)cc3Cc3c[nH]c4cn(cc34)C1O2. The molecule has 7 rings (SSSR count). The first-order chi connectivity index (χ1) is 25.5. The van der Waals surface area contributed by atoms with Crippen molar-refractivity contribution in [2.24, 2.45) is 22.8 Å². The Morgan fingerprint density at radius 2 is 1.89 bits per heavy atom. The Hall–Kier alpha value is -4.75. The van der Waals surface area contributed by atoms with Crippen molar-refractivity contribution in [1.82, 2.24) is 9.55 Å². The molecule has 11 heteroatoms. The van der Waals surface area contributed by atoms with Gasteiger partial charge in [-0.3, -0.25) is 4.79 Å². The summed E-state index contributed by atoms with van der Waals surface area (Å²) >= 11 is 0. The normalized spacial score (nSPS) is 21.2. The van der Waals surface area contributed by atoms with E-state index in [1.54, 1.807) is 6.07 Å². The predicted octanol–water partition coefficient (Wildman–Crippen LogP) is 5.14. The quantitative estimate of drug-likeness (QED) is 0.0859. The molecule has 2 aromatic carbocycles. The summed E-state index contributed by atoms with van der Waals surface area (Å²) in [5.74, 6) is 9.87. The number of rotatable bonds is 10. The van der Waals surface area contributed by atoms with Crippen molar-refractivity contribution in [3.05, 3.63) is 76.7 Å². The van der Waals surface area contributed by atoms with Crippen LogP contribution in [-0.2, 0) is 17.6 Å². The van der Waals surface area contributed by atoms with E-state index >= 15 is 0 Å². The van der Waals surface area contributed by atoms with E-state index in [1.807, 2.05) is 48.3 Å². The van der Waals surface area contributed by atoms with Crippen molar-refractivity contribution in [3.63, 3.8) is 0 Å². The fourth-order valence-corrected chi connectivity index (χ4v) is 8.15. The Kier molecular flexibility index (Phi) is 10.6. The van der Waals surface area contributed by atoms with Gasteiger partial charge in [0.15, 0.2) is 17.7 Å². The zero-order valence-corrected chi connectivity index (χ0v) is 30.0. The van der Waals surface area contributed by atoms with Crippen LogP contribution in [0.4, 0.5) is 0 Å². The number of hydrogen-bond donors (Lipinski definition) is 7. The smallest absolute Gasteiger partial charge is 0.191 e. The summed E-state index contributed by atoms with van der Waals surface area (Å²) in [5, 5.41) is 44.1. The van der Waals surface area contributed by atoms with Crippen LogP contribution >= 0.6 is 0 Å². The lowest BCUT2D eigenvalue weighted by Crippen LogP contribution is -2.35. The highest BCUT2D eigenvalue weighted by Gasteiger charge is 2.46. The lowest BCUT2D eigenvalue weighted by atomic mass is 9.73. The molecule has 0 amide bonds. The van der Waals surface area contributed by atoms with Crippen molar-refractivity contribution >= 4 is 16.7 Å². The number of phenols is 1. The number of ether oxygens (including phenoxy) is 2. The summed E-state index contributed by atoms with van der Waals surface area (Å²) in [7, 11) is 0. The Morgan fingerprint density at radius 3 is 2.66 bits per heavy atom. The number of H-pyrrole nitrogens is 1. The molecule has 2 aliphatic heterocycles. The minimum Gasteiger partial charge on any atom is -0.508 e. The topological polar surface area (TPSA) is 189 Å². The van der Waals surface area contributed by atoms with Crippen LogP contribution in [0.3, 0.4) is 0 Å². The highest BCUT2D eigenvalue weighted by molar-refractivity contribution is 5.83. The molecule has 11 nitrogen and oxygen atoms in total. The van der Waals surface area contributed by atoms with E-state index in [4.69, 9.17) is 20.9 Å². The molecular weight excluding hydrogens is 672 g/mol. The Bertz CT molecular complexity index is 2110. The standard InChI is InChI=1S/C42H48N4O7/c1-2-5-29(47)19-31(49)20-30(48)8-6-25-18-39-38(21-37(25)51)52-15-14-42(12-3-4-13-42)34-10-11-36(50)32-9-7-26(40(43)44)16-27(32)17-28-22-45-35-24-46(23-33(28)35)41(34)53-39/h7,9,16,18,21-24,29,31,34,36,40-41,45,47,49-51H,2-6,8,12-13,17,19-20,43-44H2,1H3. The van der Waals surface area contributed by atoms with Gasteiger partial charge in [0.1, 0.15) is 23.7 Å². The number of nitrogens with zero attached hydrogens (tertiary/aromatic N) is 1. The molecule has 0 saturated heterocycles. The molecule has 9 N–H and O–H groups in total. The van der Waals surface area contributed by atoms with Gasteiger partial charge in [-0.05, 0) is 66.0 Å². The van der Waals surface area contributed by atoms with E-state index in [-0.39, 0.29) is 43.0 Å². The zero-order chi connectivity index (χ0) is 37.3. The number of ketones is 1. The number of nitrogens with one attached hydrogen (secondary N) is 1. The minimum absolute atomic E-state index is 0.0646. The van der Waals surface area contributed by atoms with Gasteiger partial charge in [0, 0.05) is 49.3 Å². The molecule has 2 aromatic heterocycles. The first kappa shape index (κ1) is 36.6. The number of phenolic OH excluding ortho intramolecular Hbond substituents is 1. The first-order valence-corrected chi connectivity index (χ1v) is 18.6. The minimum atomic E-state index is -1.10. The third-order valence-corrected chi connectivity index (χ3v) is 11.0. The maximum absolute atomic E-state index is 12.9. The van der Waals surface area contributed by atoms with Crippen LogP contribution in [0.15, 0.2) is 48.9 Å². The number of aliphatic hydroxyl groups excluding tert-OH is 3. The molecule has 1 spiro atoms. The summed E-state index contributed by atoms with van der Waals surface area (Å²) in [6.45, 7) is 1.95. The summed E-state index contributed by atoms with van der Waals surface area (Å²) in [4.78, 5) is 16.3. The van der Waals surface area contributed by atoms with Gasteiger partial charge in [0.25, 0.3) is 0 Å². The van der Waals surface area contributed by atoms with Gasteiger partial charge in [0.05, 0.1) is 35.2 Å². The van der Waals surface area contributed by atoms with Crippen LogP contribution in [-0.4, -0.2) is 48.0 Å². The molecule has 1 saturated carbocycles. The molecular formula is C42H48N4O7. The zero-order valence-electron chi connectivity index (χ0n) is 30.0. The molecule has 5 atom stereocenters. The maximum Gasteiger partial charge on any atom is 0.191 e. The third kappa shape index (κ3) is 7.68. The summed E-state index contributed by atoms with van der Waals surface area (Å²) in [6.07, 6.45) is 10.5. The molecule has 53 heavy (non-hydrogen) atoms. The summed E-state index contributed by atoms with van der Waals surface area (Å²) in [5.41, 5.74) is 16.2. The van der Waals surface area contributed by atoms with Crippen LogP contribution in [0.25, 0.3) is 10.9 Å². The third-order valence-electron chi connectivity index (χ3n) is 11.0. The second kappa shape index (κ2) is 15.3. The van der Waals surface area contributed by atoms with Crippen LogP contribution in [0.1, 0.15) is 111 Å². The average molecular weight is 721 g/mol. The van der Waals surface area contributed by atoms with Crippen molar-refractivity contribution in [1.29, 1.82) is 0 Å². The monoisotopic (exact) mass is 720 g/mol. The predicted molar refractivity (Wildman–Crippen MR) is 199 cm³/mol. The Labute approximate surface area is 309 Å². The fourth-order valence-electron chi connectivity index (χ4n) is 8.15. The number of carbonyl (C=O) groups excluding carboxylic acids is 1.